The molecule has 0 bridgehead atoms. The van der Waals surface area contributed by atoms with E-state index in [0.29, 0.717) is 12.1 Å². The van der Waals surface area contributed by atoms with Crippen molar-refractivity contribution in [1.29, 1.82) is 0 Å². The molecule has 0 amide bonds. The van der Waals surface area contributed by atoms with Gasteiger partial charge in [-0.25, -0.2) is 0 Å². The highest BCUT2D eigenvalue weighted by Crippen LogP contribution is 2.26. The van der Waals surface area contributed by atoms with Crippen molar-refractivity contribution in [2.24, 2.45) is 5.92 Å². The second-order valence-electron chi connectivity index (χ2n) is 4.64. The third-order valence-electron chi connectivity index (χ3n) is 3.49. The zero-order valence-corrected chi connectivity index (χ0v) is 9.88. The zero-order valence-electron chi connectivity index (χ0n) is 9.88. The fourth-order valence-corrected chi connectivity index (χ4v) is 2.24. The van der Waals surface area contributed by atoms with Crippen LogP contribution in [0, 0.1) is 5.92 Å². The average Bonchev–Trinajstić information content (AvgIpc) is 2.26. The molecule has 1 aliphatic rings. The fraction of sp³-hybridized carbons (Fsp3) is 1.00. The van der Waals surface area contributed by atoms with Crippen molar-refractivity contribution < 1.29 is 4.74 Å². The number of ether oxygens (including phenoxy) is 1. The van der Waals surface area contributed by atoms with E-state index in [1.807, 2.05) is 0 Å². The van der Waals surface area contributed by atoms with Gasteiger partial charge in [-0.1, -0.05) is 19.3 Å². The Labute approximate surface area is 88.4 Å². The topological polar surface area (TPSA) is 21.3 Å². The molecule has 1 rings (SSSR count). The van der Waals surface area contributed by atoms with Crippen molar-refractivity contribution in [1.82, 2.24) is 5.32 Å². The van der Waals surface area contributed by atoms with Crippen molar-refractivity contribution in [3.8, 4) is 0 Å². The van der Waals surface area contributed by atoms with Crippen molar-refractivity contribution >= 4 is 0 Å². The van der Waals surface area contributed by atoms with E-state index in [-0.39, 0.29) is 0 Å². The van der Waals surface area contributed by atoms with Crippen LogP contribution in [0.4, 0.5) is 0 Å². The monoisotopic (exact) mass is 199 g/mol. The fourth-order valence-electron chi connectivity index (χ4n) is 2.24. The van der Waals surface area contributed by atoms with Crippen LogP contribution in [0.2, 0.25) is 0 Å². The molecule has 2 atom stereocenters. The van der Waals surface area contributed by atoms with Crippen LogP contribution < -0.4 is 5.32 Å². The largest absolute Gasteiger partial charge is 0.380 e. The van der Waals surface area contributed by atoms with E-state index in [9.17, 15) is 0 Å². The van der Waals surface area contributed by atoms with Gasteiger partial charge in [0.15, 0.2) is 0 Å². The van der Waals surface area contributed by atoms with Crippen molar-refractivity contribution in [3.05, 3.63) is 0 Å². The van der Waals surface area contributed by atoms with E-state index in [1.165, 1.54) is 32.1 Å². The van der Waals surface area contributed by atoms with Crippen LogP contribution in [0.25, 0.3) is 0 Å². The van der Waals surface area contributed by atoms with Gasteiger partial charge in [0.1, 0.15) is 0 Å². The maximum Gasteiger partial charge on any atom is 0.0667 e. The molecular weight excluding hydrogens is 174 g/mol. The summed E-state index contributed by atoms with van der Waals surface area (Å²) in [5.41, 5.74) is 0. The quantitative estimate of drug-likeness (QED) is 0.735. The third-order valence-corrected chi connectivity index (χ3v) is 3.49. The lowest BCUT2D eigenvalue weighted by molar-refractivity contribution is 0.110. The minimum atomic E-state index is 0.334. The molecule has 2 unspecified atom stereocenters. The Bertz CT molecular complexity index is 143. The summed E-state index contributed by atoms with van der Waals surface area (Å²) in [4.78, 5) is 0. The number of rotatable bonds is 5. The Kier molecular flexibility index (Phi) is 5.49. The summed E-state index contributed by atoms with van der Waals surface area (Å²) >= 11 is 0. The molecule has 0 aromatic rings. The highest BCUT2D eigenvalue weighted by Gasteiger charge is 2.19. The molecule has 0 aromatic heterocycles. The number of hydrogen-bond acceptors (Lipinski definition) is 2. The highest BCUT2D eigenvalue weighted by molar-refractivity contribution is 4.76. The van der Waals surface area contributed by atoms with E-state index in [0.717, 1.165) is 12.5 Å². The molecule has 0 heterocycles. The minimum absolute atomic E-state index is 0.334. The van der Waals surface area contributed by atoms with Crippen LogP contribution in [0.3, 0.4) is 0 Å². The summed E-state index contributed by atoms with van der Waals surface area (Å²) in [6.45, 7) is 5.41. The van der Waals surface area contributed by atoms with Gasteiger partial charge >= 0.3 is 0 Å². The molecule has 0 spiro atoms. The maximum absolute atomic E-state index is 5.23. The van der Waals surface area contributed by atoms with Gasteiger partial charge in [-0.3, -0.25) is 0 Å². The normalized spacial score (nSPS) is 23.4. The van der Waals surface area contributed by atoms with Gasteiger partial charge in [-0.2, -0.15) is 0 Å². The number of hydrogen-bond donors (Lipinski definition) is 1. The molecule has 1 saturated carbocycles. The summed E-state index contributed by atoms with van der Waals surface area (Å²) in [5, 5.41) is 3.58. The first kappa shape index (κ1) is 12.0. The first-order chi connectivity index (χ1) is 6.74. The summed E-state index contributed by atoms with van der Waals surface area (Å²) in [6.07, 6.45) is 7.46. The van der Waals surface area contributed by atoms with E-state index in [4.69, 9.17) is 4.74 Å². The minimum Gasteiger partial charge on any atom is -0.380 e. The molecule has 0 saturated heterocycles. The predicted octanol–water partition coefficient (Wildman–Crippen LogP) is 2.58. The Morgan fingerprint density at radius 2 is 1.86 bits per heavy atom. The molecule has 0 aromatic carbocycles. The van der Waals surface area contributed by atoms with E-state index in [1.54, 1.807) is 7.11 Å². The maximum atomic E-state index is 5.23. The standard InChI is InChI=1S/C12H25NO/c1-10(14-3)9-13-11(2)12-7-5-4-6-8-12/h10-13H,4-9H2,1-3H3. The first-order valence-electron chi connectivity index (χ1n) is 6.00. The lowest BCUT2D eigenvalue weighted by Crippen LogP contribution is -2.38. The second kappa shape index (κ2) is 6.41. The predicted molar refractivity (Wildman–Crippen MR) is 60.5 cm³/mol. The summed E-state index contributed by atoms with van der Waals surface area (Å²) in [7, 11) is 1.78. The van der Waals surface area contributed by atoms with Crippen molar-refractivity contribution in [3.63, 3.8) is 0 Å². The highest BCUT2D eigenvalue weighted by atomic mass is 16.5. The lowest BCUT2D eigenvalue weighted by atomic mass is 9.84. The van der Waals surface area contributed by atoms with E-state index >= 15 is 0 Å². The van der Waals surface area contributed by atoms with E-state index < -0.39 is 0 Å². The molecule has 1 fully saturated rings. The summed E-state index contributed by atoms with van der Waals surface area (Å²) < 4.78 is 5.23. The van der Waals surface area contributed by atoms with Gasteiger partial charge in [0, 0.05) is 19.7 Å². The Hall–Kier alpha value is -0.0800. The van der Waals surface area contributed by atoms with Crippen molar-refractivity contribution in [2.75, 3.05) is 13.7 Å². The van der Waals surface area contributed by atoms with Gasteiger partial charge in [0.2, 0.25) is 0 Å². The van der Waals surface area contributed by atoms with Gasteiger partial charge in [0.05, 0.1) is 6.10 Å². The van der Waals surface area contributed by atoms with Gasteiger partial charge in [-0.05, 0) is 32.6 Å². The van der Waals surface area contributed by atoms with Crippen LogP contribution >= 0.6 is 0 Å². The molecule has 0 aliphatic heterocycles. The third kappa shape index (κ3) is 3.97. The van der Waals surface area contributed by atoms with Crippen LogP contribution in [0.1, 0.15) is 46.0 Å². The average molecular weight is 199 g/mol. The Morgan fingerprint density at radius 1 is 1.21 bits per heavy atom. The summed E-state index contributed by atoms with van der Waals surface area (Å²) in [5.74, 6) is 0.896. The lowest BCUT2D eigenvalue weighted by Gasteiger charge is -2.29. The van der Waals surface area contributed by atoms with Crippen LogP contribution in [0.15, 0.2) is 0 Å². The van der Waals surface area contributed by atoms with Gasteiger partial charge in [0.25, 0.3) is 0 Å². The van der Waals surface area contributed by atoms with Gasteiger partial charge < -0.3 is 10.1 Å². The Morgan fingerprint density at radius 3 is 2.43 bits per heavy atom. The van der Waals surface area contributed by atoms with Crippen LogP contribution in [-0.2, 0) is 4.74 Å². The van der Waals surface area contributed by atoms with E-state index in [2.05, 4.69) is 19.2 Å². The second-order valence-corrected chi connectivity index (χ2v) is 4.64. The van der Waals surface area contributed by atoms with Crippen LogP contribution in [0.5, 0.6) is 0 Å². The van der Waals surface area contributed by atoms with Crippen molar-refractivity contribution in [2.45, 2.75) is 58.1 Å². The molecule has 2 heteroatoms. The first-order valence-corrected chi connectivity index (χ1v) is 6.00. The molecule has 0 radical (unpaired) electrons. The molecule has 1 N–H and O–H groups in total. The molecule has 14 heavy (non-hydrogen) atoms. The number of methoxy groups -OCH3 is 1. The molecule has 2 nitrogen and oxygen atoms in total. The SMILES string of the molecule is COC(C)CNC(C)C1CCCCC1. The molecular formula is C12H25NO. The number of nitrogens with one attached hydrogen (secondary N) is 1. The van der Waals surface area contributed by atoms with Gasteiger partial charge in [-0.15, -0.1) is 0 Å². The van der Waals surface area contributed by atoms with Crippen LogP contribution in [-0.4, -0.2) is 25.8 Å². The Balaban J connectivity index is 2.16. The molecule has 1 aliphatic carbocycles. The molecule has 84 valence electrons. The summed E-state index contributed by atoms with van der Waals surface area (Å²) in [6, 6.07) is 0.660. The smallest absolute Gasteiger partial charge is 0.0667 e. The zero-order chi connectivity index (χ0) is 10.4.